The maximum Gasteiger partial charge on any atom is 0.262 e. The topological polar surface area (TPSA) is 82.7 Å². The van der Waals surface area contributed by atoms with E-state index in [0.29, 0.717) is 28.1 Å². The smallest absolute Gasteiger partial charge is 0.262 e. The van der Waals surface area contributed by atoms with Gasteiger partial charge in [0.2, 0.25) is 0 Å². The summed E-state index contributed by atoms with van der Waals surface area (Å²) in [5.74, 6) is 0. The second-order valence-corrected chi connectivity index (χ2v) is 8.95. The molecule has 29 heavy (non-hydrogen) atoms. The fourth-order valence-electron chi connectivity index (χ4n) is 2.82. The van der Waals surface area contributed by atoms with E-state index in [2.05, 4.69) is 20.3 Å². The van der Waals surface area contributed by atoms with Crippen molar-refractivity contribution in [1.29, 1.82) is 0 Å². The lowest BCUT2D eigenvalue weighted by Crippen LogP contribution is -2.42. The van der Waals surface area contributed by atoms with E-state index >= 15 is 0 Å². The van der Waals surface area contributed by atoms with E-state index in [1.54, 1.807) is 36.4 Å². The van der Waals surface area contributed by atoms with Crippen molar-refractivity contribution in [3.05, 3.63) is 53.6 Å². The van der Waals surface area contributed by atoms with E-state index in [9.17, 15) is 8.42 Å². The van der Waals surface area contributed by atoms with Gasteiger partial charge in [-0.2, -0.15) is 0 Å². The van der Waals surface area contributed by atoms with Crippen molar-refractivity contribution in [2.45, 2.75) is 4.90 Å². The lowest BCUT2D eigenvalue weighted by molar-refractivity contribution is 0.0389. The number of thiocarbonyl (C=S) groups is 1. The molecule has 1 saturated heterocycles. The Morgan fingerprint density at radius 2 is 1.90 bits per heavy atom. The van der Waals surface area contributed by atoms with Gasteiger partial charge in [0, 0.05) is 31.9 Å². The summed E-state index contributed by atoms with van der Waals surface area (Å²) in [5.41, 5.74) is 0.906. The first-order valence-electron chi connectivity index (χ1n) is 9.16. The third kappa shape index (κ3) is 6.55. The van der Waals surface area contributed by atoms with E-state index in [1.165, 1.54) is 12.1 Å². The number of hydrogen-bond acceptors (Lipinski definition) is 5. The van der Waals surface area contributed by atoms with Gasteiger partial charge in [0.25, 0.3) is 10.0 Å². The lowest BCUT2D eigenvalue weighted by atomic mass is 10.3. The Morgan fingerprint density at radius 3 is 2.66 bits per heavy atom. The van der Waals surface area contributed by atoms with Crippen LogP contribution in [0.2, 0.25) is 5.02 Å². The molecule has 1 aliphatic rings. The van der Waals surface area contributed by atoms with Gasteiger partial charge < -0.3 is 15.4 Å². The molecular formula is C19H23ClN4O3S2. The predicted molar refractivity (Wildman–Crippen MR) is 120 cm³/mol. The Labute approximate surface area is 181 Å². The van der Waals surface area contributed by atoms with E-state index in [-0.39, 0.29) is 4.90 Å². The van der Waals surface area contributed by atoms with Crippen LogP contribution in [0.5, 0.6) is 0 Å². The Morgan fingerprint density at radius 1 is 1.14 bits per heavy atom. The zero-order chi connectivity index (χ0) is 20.7. The second kappa shape index (κ2) is 10.2. The molecule has 0 radical (unpaired) electrons. The quantitative estimate of drug-likeness (QED) is 0.555. The molecule has 3 N–H and O–H groups in total. The highest BCUT2D eigenvalue weighted by molar-refractivity contribution is 7.92. The van der Waals surface area contributed by atoms with Gasteiger partial charge in [-0.05, 0) is 42.5 Å². The normalized spacial score (nSPS) is 14.9. The van der Waals surface area contributed by atoms with Gasteiger partial charge in [0.15, 0.2) is 5.11 Å². The molecule has 3 rings (SSSR count). The molecule has 1 fully saturated rings. The monoisotopic (exact) mass is 454 g/mol. The lowest BCUT2D eigenvalue weighted by Gasteiger charge is -2.26. The second-order valence-electron chi connectivity index (χ2n) is 6.45. The Balaban J connectivity index is 1.57. The third-order valence-corrected chi connectivity index (χ3v) is 6.28. The molecule has 0 spiro atoms. The highest BCUT2D eigenvalue weighted by Gasteiger charge is 2.16. The average molecular weight is 455 g/mol. The Bertz CT molecular complexity index is 950. The number of anilines is 2. The van der Waals surface area contributed by atoms with Crippen LogP contribution in [0, 0.1) is 0 Å². The molecule has 0 aliphatic carbocycles. The van der Waals surface area contributed by atoms with E-state index in [0.717, 1.165) is 32.8 Å². The van der Waals surface area contributed by atoms with Crippen molar-refractivity contribution in [2.24, 2.45) is 0 Å². The highest BCUT2D eigenvalue weighted by Crippen LogP contribution is 2.25. The summed E-state index contributed by atoms with van der Waals surface area (Å²) in [5, 5.41) is 6.93. The molecule has 2 aromatic rings. The van der Waals surface area contributed by atoms with Crippen molar-refractivity contribution >= 4 is 50.3 Å². The molecule has 10 heteroatoms. The maximum absolute atomic E-state index is 12.7. The Kier molecular flexibility index (Phi) is 7.68. The zero-order valence-corrected chi connectivity index (χ0v) is 18.1. The van der Waals surface area contributed by atoms with E-state index < -0.39 is 10.0 Å². The summed E-state index contributed by atoms with van der Waals surface area (Å²) in [6.45, 7) is 4.90. The van der Waals surface area contributed by atoms with Gasteiger partial charge in [0.05, 0.1) is 28.8 Å². The predicted octanol–water partition coefficient (Wildman–Crippen LogP) is 2.76. The number of ether oxygens (including phenoxy) is 1. The molecule has 0 saturated carbocycles. The van der Waals surface area contributed by atoms with Crippen molar-refractivity contribution in [3.8, 4) is 0 Å². The third-order valence-electron chi connectivity index (χ3n) is 4.34. The summed E-state index contributed by atoms with van der Waals surface area (Å²) in [4.78, 5) is 2.41. The first kappa shape index (κ1) is 21.8. The molecule has 0 atom stereocenters. The minimum absolute atomic E-state index is 0.110. The first-order chi connectivity index (χ1) is 13.9. The minimum atomic E-state index is -3.78. The van der Waals surface area contributed by atoms with Crippen molar-refractivity contribution in [2.75, 3.05) is 49.4 Å². The summed E-state index contributed by atoms with van der Waals surface area (Å²) >= 11 is 11.4. The standard InChI is InChI=1S/C19H23ClN4O3S2/c20-17-6-1-2-7-18(17)23-29(25,26)16-5-3-4-15(14-16)22-19(28)21-8-9-24-10-12-27-13-11-24/h1-7,14,23H,8-13H2,(H2,21,22,28). The molecule has 0 amide bonds. The average Bonchev–Trinajstić information content (AvgIpc) is 2.71. The molecule has 2 aromatic carbocycles. The molecule has 0 bridgehead atoms. The van der Waals surface area contributed by atoms with Crippen LogP contribution in [-0.2, 0) is 14.8 Å². The number of hydrogen-bond donors (Lipinski definition) is 3. The van der Waals surface area contributed by atoms with Crippen LogP contribution < -0.4 is 15.4 Å². The van der Waals surface area contributed by atoms with Crippen molar-refractivity contribution in [3.63, 3.8) is 0 Å². The van der Waals surface area contributed by atoms with Gasteiger partial charge in [-0.3, -0.25) is 9.62 Å². The number of para-hydroxylation sites is 1. The maximum atomic E-state index is 12.7. The molecule has 1 aliphatic heterocycles. The van der Waals surface area contributed by atoms with E-state index in [1.807, 2.05) is 0 Å². The fraction of sp³-hybridized carbons (Fsp3) is 0.316. The zero-order valence-electron chi connectivity index (χ0n) is 15.7. The molecule has 0 unspecified atom stereocenters. The highest BCUT2D eigenvalue weighted by atomic mass is 35.5. The van der Waals surface area contributed by atoms with Gasteiger partial charge in [-0.25, -0.2) is 8.42 Å². The Hall–Kier alpha value is -1.91. The minimum Gasteiger partial charge on any atom is -0.379 e. The number of halogens is 1. The van der Waals surface area contributed by atoms with Gasteiger partial charge in [-0.1, -0.05) is 29.8 Å². The summed E-state index contributed by atoms with van der Waals surface area (Å²) in [6, 6.07) is 13.1. The summed E-state index contributed by atoms with van der Waals surface area (Å²) in [6.07, 6.45) is 0. The molecule has 1 heterocycles. The van der Waals surface area contributed by atoms with Gasteiger partial charge in [0.1, 0.15) is 0 Å². The van der Waals surface area contributed by atoms with E-state index in [4.69, 9.17) is 28.6 Å². The van der Waals surface area contributed by atoms with Crippen LogP contribution in [0.1, 0.15) is 0 Å². The number of sulfonamides is 1. The van der Waals surface area contributed by atoms with Gasteiger partial charge in [-0.15, -0.1) is 0 Å². The fourth-order valence-corrected chi connectivity index (χ4v) is 4.40. The SMILES string of the molecule is O=S(=O)(Nc1ccccc1Cl)c1cccc(NC(=S)NCCN2CCOCC2)c1. The largest absolute Gasteiger partial charge is 0.379 e. The van der Waals surface area contributed by atoms with Crippen molar-refractivity contribution < 1.29 is 13.2 Å². The molecular weight excluding hydrogens is 432 g/mol. The number of morpholine rings is 1. The summed E-state index contributed by atoms with van der Waals surface area (Å²) in [7, 11) is -3.78. The van der Waals surface area contributed by atoms with Crippen LogP contribution in [0.4, 0.5) is 11.4 Å². The molecule has 156 valence electrons. The van der Waals surface area contributed by atoms with Crippen LogP contribution in [0.15, 0.2) is 53.4 Å². The van der Waals surface area contributed by atoms with Crippen LogP contribution in [0.3, 0.4) is 0 Å². The van der Waals surface area contributed by atoms with Gasteiger partial charge >= 0.3 is 0 Å². The van der Waals surface area contributed by atoms with Crippen LogP contribution >= 0.6 is 23.8 Å². The van der Waals surface area contributed by atoms with Crippen molar-refractivity contribution in [1.82, 2.24) is 10.2 Å². The first-order valence-corrected chi connectivity index (χ1v) is 11.4. The number of nitrogens with zero attached hydrogens (tertiary/aromatic N) is 1. The van der Waals surface area contributed by atoms with Crippen LogP contribution in [0.25, 0.3) is 0 Å². The number of nitrogens with one attached hydrogen (secondary N) is 3. The van der Waals surface area contributed by atoms with Crippen LogP contribution in [-0.4, -0.2) is 57.8 Å². The number of rotatable bonds is 7. The molecule has 0 aromatic heterocycles. The molecule has 7 nitrogen and oxygen atoms in total. The number of benzene rings is 2. The summed E-state index contributed by atoms with van der Waals surface area (Å²) < 4.78 is 33.2.